The lowest BCUT2D eigenvalue weighted by molar-refractivity contribution is -0.141. The average Bonchev–Trinajstić information content (AvgIpc) is 2.63. The molecule has 1 aromatic rings. The van der Waals surface area contributed by atoms with Crippen molar-refractivity contribution < 1.29 is 9.90 Å². The van der Waals surface area contributed by atoms with E-state index in [-0.39, 0.29) is 5.92 Å². The maximum atomic E-state index is 11.1. The highest BCUT2D eigenvalue weighted by Crippen LogP contribution is 2.06. The summed E-state index contributed by atoms with van der Waals surface area (Å²) in [7, 11) is 0. The third-order valence-electron chi connectivity index (χ3n) is 3.38. The van der Waals surface area contributed by atoms with Crippen molar-refractivity contribution in [3.05, 3.63) is 35.9 Å². The molecule has 98 valence electrons. The van der Waals surface area contributed by atoms with E-state index >= 15 is 0 Å². The fourth-order valence-corrected chi connectivity index (χ4v) is 2.28. The van der Waals surface area contributed by atoms with Crippen molar-refractivity contribution >= 4 is 5.97 Å². The molecule has 4 heteroatoms. The number of hydrogen-bond acceptors (Lipinski definition) is 3. The van der Waals surface area contributed by atoms with Crippen LogP contribution in [0.15, 0.2) is 30.3 Å². The van der Waals surface area contributed by atoms with Gasteiger partial charge in [0.2, 0.25) is 0 Å². The summed E-state index contributed by atoms with van der Waals surface area (Å²) in [4.78, 5) is 13.3. The highest BCUT2D eigenvalue weighted by atomic mass is 16.4. The molecule has 1 unspecified atom stereocenters. The van der Waals surface area contributed by atoms with Gasteiger partial charge in [0.05, 0.1) is 5.92 Å². The minimum absolute atomic E-state index is 0.289. The standard InChI is InChI=1S/C14H20N2O2/c17-14(18)13-10-15-7-9-16(11-13)8-6-12-4-2-1-3-5-12/h1-5,13,15H,6-11H2,(H,17,18). The highest BCUT2D eigenvalue weighted by Gasteiger charge is 2.23. The molecule has 4 nitrogen and oxygen atoms in total. The van der Waals surface area contributed by atoms with Gasteiger partial charge in [0.15, 0.2) is 0 Å². The summed E-state index contributed by atoms with van der Waals surface area (Å²) in [6.07, 6.45) is 0.979. The first-order valence-corrected chi connectivity index (χ1v) is 6.45. The molecule has 1 aliphatic rings. The molecule has 0 amide bonds. The summed E-state index contributed by atoms with van der Waals surface area (Å²) in [5, 5.41) is 12.3. The Kier molecular flexibility index (Phi) is 4.73. The molecule has 0 bridgehead atoms. The third-order valence-corrected chi connectivity index (χ3v) is 3.38. The molecule has 1 atom stereocenters. The van der Waals surface area contributed by atoms with Crippen LogP contribution >= 0.6 is 0 Å². The first kappa shape index (κ1) is 13.1. The molecule has 0 aliphatic carbocycles. The number of benzene rings is 1. The summed E-state index contributed by atoms with van der Waals surface area (Å²) in [6, 6.07) is 10.3. The monoisotopic (exact) mass is 248 g/mol. The number of nitrogens with one attached hydrogen (secondary N) is 1. The first-order valence-electron chi connectivity index (χ1n) is 6.45. The summed E-state index contributed by atoms with van der Waals surface area (Å²) < 4.78 is 0. The molecule has 1 aromatic carbocycles. The molecular weight excluding hydrogens is 228 g/mol. The lowest BCUT2D eigenvalue weighted by atomic mass is 10.1. The molecule has 1 saturated heterocycles. The number of rotatable bonds is 4. The van der Waals surface area contributed by atoms with Gasteiger partial charge in [-0.2, -0.15) is 0 Å². The normalized spacial score (nSPS) is 21.4. The molecular formula is C14H20N2O2. The molecule has 1 fully saturated rings. The second-order valence-corrected chi connectivity index (χ2v) is 4.78. The first-order chi connectivity index (χ1) is 8.75. The van der Waals surface area contributed by atoms with Crippen molar-refractivity contribution in [2.24, 2.45) is 5.92 Å². The van der Waals surface area contributed by atoms with Gasteiger partial charge in [0.25, 0.3) is 0 Å². The number of carboxylic acid groups (broad SMARTS) is 1. The zero-order valence-electron chi connectivity index (χ0n) is 10.5. The molecule has 0 spiro atoms. The van der Waals surface area contributed by atoms with E-state index in [0.29, 0.717) is 13.1 Å². The van der Waals surface area contributed by atoms with Gasteiger partial charge in [-0.1, -0.05) is 30.3 Å². The highest BCUT2D eigenvalue weighted by molar-refractivity contribution is 5.70. The Balaban J connectivity index is 1.86. The van der Waals surface area contributed by atoms with Gasteiger partial charge in [0, 0.05) is 32.7 Å². The lowest BCUT2D eigenvalue weighted by Gasteiger charge is -2.21. The second kappa shape index (κ2) is 6.52. The molecule has 2 N–H and O–H groups in total. The van der Waals surface area contributed by atoms with Gasteiger partial charge >= 0.3 is 5.97 Å². The predicted molar refractivity (Wildman–Crippen MR) is 70.6 cm³/mol. The quantitative estimate of drug-likeness (QED) is 0.829. The van der Waals surface area contributed by atoms with E-state index < -0.39 is 5.97 Å². The van der Waals surface area contributed by atoms with Crippen molar-refractivity contribution in [1.82, 2.24) is 10.2 Å². The summed E-state index contributed by atoms with van der Waals surface area (Å²) >= 11 is 0. The summed E-state index contributed by atoms with van der Waals surface area (Å²) in [5.74, 6) is -0.989. The predicted octanol–water partition coefficient (Wildman–Crippen LogP) is 0.835. The summed E-state index contributed by atoms with van der Waals surface area (Å²) in [5.41, 5.74) is 1.31. The minimum atomic E-state index is -0.700. The van der Waals surface area contributed by atoms with Crippen LogP contribution in [0.5, 0.6) is 0 Å². The minimum Gasteiger partial charge on any atom is -0.481 e. The van der Waals surface area contributed by atoms with Gasteiger partial charge in [-0.15, -0.1) is 0 Å². The molecule has 0 radical (unpaired) electrons. The molecule has 1 heterocycles. The fourth-order valence-electron chi connectivity index (χ4n) is 2.28. The SMILES string of the molecule is O=C(O)C1CNCCN(CCc2ccccc2)C1. The Morgan fingerprint density at radius 3 is 2.89 bits per heavy atom. The van der Waals surface area contributed by atoms with Crippen molar-refractivity contribution in [2.45, 2.75) is 6.42 Å². The molecule has 0 aromatic heterocycles. The number of aliphatic carboxylic acids is 1. The van der Waals surface area contributed by atoms with Crippen LogP contribution in [0, 0.1) is 5.92 Å². The van der Waals surface area contributed by atoms with E-state index in [4.69, 9.17) is 5.11 Å². The Bertz CT molecular complexity index is 381. The van der Waals surface area contributed by atoms with Crippen molar-refractivity contribution in [2.75, 3.05) is 32.7 Å². The fraction of sp³-hybridized carbons (Fsp3) is 0.500. The van der Waals surface area contributed by atoms with Crippen LogP contribution in [-0.2, 0) is 11.2 Å². The van der Waals surface area contributed by atoms with Gasteiger partial charge < -0.3 is 15.3 Å². The number of nitrogens with zero attached hydrogens (tertiary/aromatic N) is 1. The van der Waals surface area contributed by atoms with Crippen molar-refractivity contribution in [3.8, 4) is 0 Å². The third kappa shape index (κ3) is 3.82. The van der Waals surface area contributed by atoms with E-state index in [1.54, 1.807) is 0 Å². The lowest BCUT2D eigenvalue weighted by Crippen LogP contribution is -2.35. The van der Waals surface area contributed by atoms with Crippen molar-refractivity contribution in [3.63, 3.8) is 0 Å². The van der Waals surface area contributed by atoms with E-state index in [2.05, 4.69) is 22.3 Å². The van der Waals surface area contributed by atoms with E-state index in [0.717, 1.165) is 26.1 Å². The number of carbonyl (C=O) groups is 1. The maximum Gasteiger partial charge on any atom is 0.309 e. The van der Waals surface area contributed by atoms with Crippen LogP contribution in [0.1, 0.15) is 5.56 Å². The van der Waals surface area contributed by atoms with E-state index in [9.17, 15) is 4.79 Å². The molecule has 0 saturated carbocycles. The molecule has 18 heavy (non-hydrogen) atoms. The van der Waals surface area contributed by atoms with Crippen LogP contribution in [0.2, 0.25) is 0 Å². The van der Waals surface area contributed by atoms with Crippen LogP contribution in [0.25, 0.3) is 0 Å². The van der Waals surface area contributed by atoms with Crippen LogP contribution in [0.3, 0.4) is 0 Å². The second-order valence-electron chi connectivity index (χ2n) is 4.78. The van der Waals surface area contributed by atoms with E-state index in [1.165, 1.54) is 5.56 Å². The van der Waals surface area contributed by atoms with Gasteiger partial charge in [-0.05, 0) is 12.0 Å². The van der Waals surface area contributed by atoms with Gasteiger partial charge in [-0.3, -0.25) is 4.79 Å². The maximum absolute atomic E-state index is 11.1. The number of carboxylic acids is 1. The zero-order valence-corrected chi connectivity index (χ0v) is 10.5. The van der Waals surface area contributed by atoms with E-state index in [1.807, 2.05) is 18.2 Å². The number of hydrogen-bond donors (Lipinski definition) is 2. The van der Waals surface area contributed by atoms with Crippen LogP contribution < -0.4 is 5.32 Å². The molecule has 1 aliphatic heterocycles. The molecule has 2 rings (SSSR count). The van der Waals surface area contributed by atoms with Crippen LogP contribution in [-0.4, -0.2) is 48.7 Å². The zero-order chi connectivity index (χ0) is 12.8. The summed E-state index contributed by atoms with van der Waals surface area (Å²) in [6.45, 7) is 3.96. The Morgan fingerprint density at radius 1 is 1.39 bits per heavy atom. The Morgan fingerprint density at radius 2 is 2.17 bits per heavy atom. The topological polar surface area (TPSA) is 52.6 Å². The van der Waals surface area contributed by atoms with Crippen molar-refractivity contribution in [1.29, 1.82) is 0 Å². The van der Waals surface area contributed by atoms with Gasteiger partial charge in [0.1, 0.15) is 0 Å². The Hall–Kier alpha value is -1.39. The van der Waals surface area contributed by atoms with Gasteiger partial charge in [-0.25, -0.2) is 0 Å². The largest absolute Gasteiger partial charge is 0.481 e. The average molecular weight is 248 g/mol. The smallest absolute Gasteiger partial charge is 0.309 e. The van der Waals surface area contributed by atoms with Crippen LogP contribution in [0.4, 0.5) is 0 Å². The Labute approximate surface area is 108 Å².